The molecule has 0 spiro atoms. The van der Waals surface area contributed by atoms with Crippen molar-refractivity contribution in [3.63, 3.8) is 0 Å². The summed E-state index contributed by atoms with van der Waals surface area (Å²) in [6, 6.07) is 0. The third kappa shape index (κ3) is 10.3. The van der Waals surface area contributed by atoms with E-state index in [1.165, 1.54) is 32.1 Å². The number of rotatable bonds is 8. The summed E-state index contributed by atoms with van der Waals surface area (Å²) in [4.78, 5) is 0. The van der Waals surface area contributed by atoms with Gasteiger partial charge in [0.25, 0.3) is 0 Å². The van der Waals surface area contributed by atoms with Gasteiger partial charge < -0.3 is 0 Å². The van der Waals surface area contributed by atoms with Crippen molar-refractivity contribution in [1.29, 1.82) is 0 Å². The molecule has 0 nitrogen and oxygen atoms in total. The smallest absolute Gasteiger partial charge is 0.0412 e. The summed E-state index contributed by atoms with van der Waals surface area (Å²) in [7, 11) is 0. The summed E-state index contributed by atoms with van der Waals surface area (Å²) in [6.07, 6.45) is 7.15. The third-order valence-corrected chi connectivity index (χ3v) is 3.11. The first-order valence-electron chi connectivity index (χ1n) is 6.91. The minimum absolute atomic E-state index is 0.870. The highest BCUT2D eigenvalue weighted by Crippen LogP contribution is 2.25. The number of hydrogen-bond acceptors (Lipinski definition) is 0. The van der Waals surface area contributed by atoms with Crippen molar-refractivity contribution in [2.75, 3.05) is 0 Å². The zero-order chi connectivity index (χ0) is 11.8. The second-order valence-electron chi connectivity index (χ2n) is 6.44. The fourth-order valence-electron chi connectivity index (χ4n) is 2.18. The maximum absolute atomic E-state index is 2.36. The summed E-state index contributed by atoms with van der Waals surface area (Å²) in [5.41, 5.74) is 0. The van der Waals surface area contributed by atoms with Gasteiger partial charge in [0.15, 0.2) is 0 Å². The van der Waals surface area contributed by atoms with Gasteiger partial charge >= 0.3 is 0 Å². The van der Waals surface area contributed by atoms with Crippen LogP contribution in [-0.4, -0.2) is 0 Å². The van der Waals surface area contributed by atoms with Crippen LogP contribution in [0, 0.1) is 23.7 Å². The first-order chi connectivity index (χ1) is 6.91. The second-order valence-corrected chi connectivity index (χ2v) is 6.44. The molecule has 0 N–H and O–H groups in total. The van der Waals surface area contributed by atoms with Crippen LogP contribution in [0.1, 0.15) is 73.6 Å². The van der Waals surface area contributed by atoms with Crippen molar-refractivity contribution in [2.24, 2.45) is 23.7 Å². The third-order valence-electron chi connectivity index (χ3n) is 3.11. The molecule has 0 aliphatic rings. The van der Waals surface area contributed by atoms with E-state index in [-0.39, 0.29) is 0 Å². The van der Waals surface area contributed by atoms with E-state index in [0.717, 1.165) is 23.7 Å². The van der Waals surface area contributed by atoms with Crippen LogP contribution >= 0.6 is 0 Å². The highest BCUT2D eigenvalue weighted by molar-refractivity contribution is 4.64. The molecule has 0 aromatic heterocycles. The van der Waals surface area contributed by atoms with Gasteiger partial charge in [-0.15, -0.1) is 0 Å². The molecule has 0 bridgehead atoms. The summed E-state index contributed by atoms with van der Waals surface area (Å²) < 4.78 is 0. The van der Waals surface area contributed by atoms with E-state index in [9.17, 15) is 0 Å². The topological polar surface area (TPSA) is 0 Å². The molecule has 0 aromatic rings. The van der Waals surface area contributed by atoms with Gasteiger partial charge in [-0.3, -0.25) is 0 Å². The molecule has 0 saturated carbocycles. The van der Waals surface area contributed by atoms with Crippen LogP contribution in [0.4, 0.5) is 0 Å². The van der Waals surface area contributed by atoms with E-state index in [1.807, 2.05) is 0 Å². The summed E-state index contributed by atoms with van der Waals surface area (Å²) in [5, 5.41) is 0. The average molecular weight is 212 g/mol. The molecule has 0 aliphatic heterocycles. The number of hydrogen-bond donors (Lipinski definition) is 0. The van der Waals surface area contributed by atoms with Crippen LogP contribution in [0.3, 0.4) is 0 Å². The lowest BCUT2D eigenvalue weighted by atomic mass is 9.85. The van der Waals surface area contributed by atoms with E-state index >= 15 is 0 Å². The Bertz CT molecular complexity index is 121. The molecular weight excluding hydrogens is 180 g/mol. The Morgan fingerprint density at radius 2 is 0.933 bits per heavy atom. The molecule has 0 atom stereocenters. The average Bonchev–Trinajstić information content (AvgIpc) is 2.08. The van der Waals surface area contributed by atoms with E-state index < -0.39 is 0 Å². The van der Waals surface area contributed by atoms with Crippen molar-refractivity contribution in [1.82, 2.24) is 0 Å². The van der Waals surface area contributed by atoms with E-state index in [1.54, 1.807) is 0 Å². The summed E-state index contributed by atoms with van der Waals surface area (Å²) in [5.74, 6) is 3.60. The molecule has 0 aromatic carbocycles. The molecule has 0 saturated heterocycles. The van der Waals surface area contributed by atoms with Gasteiger partial charge in [0, 0.05) is 0 Å². The van der Waals surface area contributed by atoms with Gasteiger partial charge in [-0.05, 0) is 30.1 Å². The normalized spacial score (nSPS) is 12.4. The fraction of sp³-hybridized carbons (Fsp3) is 1.00. The van der Waals surface area contributed by atoms with Crippen LogP contribution in [-0.2, 0) is 0 Å². The van der Waals surface area contributed by atoms with Gasteiger partial charge in [-0.25, -0.2) is 0 Å². The molecule has 0 unspecified atom stereocenters. The zero-order valence-corrected chi connectivity index (χ0v) is 11.8. The zero-order valence-electron chi connectivity index (χ0n) is 11.8. The van der Waals surface area contributed by atoms with Crippen molar-refractivity contribution in [2.45, 2.75) is 73.6 Å². The molecule has 0 radical (unpaired) electrons. The van der Waals surface area contributed by atoms with Crippen LogP contribution in [0.15, 0.2) is 0 Å². The van der Waals surface area contributed by atoms with Crippen molar-refractivity contribution in [3.05, 3.63) is 0 Å². The monoisotopic (exact) mass is 212 g/mol. The maximum atomic E-state index is 2.36. The Hall–Kier alpha value is 0. The second kappa shape index (κ2) is 8.19. The predicted molar refractivity (Wildman–Crippen MR) is 71.1 cm³/mol. The van der Waals surface area contributed by atoms with Gasteiger partial charge in [-0.1, -0.05) is 67.2 Å². The molecule has 0 amide bonds. The molecule has 0 aliphatic carbocycles. The largest absolute Gasteiger partial charge is 0.0628 e. The lowest BCUT2D eigenvalue weighted by molar-refractivity contribution is 0.317. The van der Waals surface area contributed by atoms with Crippen LogP contribution < -0.4 is 0 Å². The van der Waals surface area contributed by atoms with Gasteiger partial charge in [0.2, 0.25) is 0 Å². The minimum atomic E-state index is 0.870. The van der Waals surface area contributed by atoms with Gasteiger partial charge in [0.05, 0.1) is 0 Å². The molecule has 0 heteroatoms. The van der Waals surface area contributed by atoms with E-state index in [0.29, 0.717) is 0 Å². The molecule has 0 rings (SSSR count). The van der Waals surface area contributed by atoms with Crippen LogP contribution in [0.2, 0.25) is 0 Å². The van der Waals surface area contributed by atoms with Crippen LogP contribution in [0.25, 0.3) is 0 Å². The Morgan fingerprint density at radius 1 is 0.533 bits per heavy atom. The highest BCUT2D eigenvalue weighted by atomic mass is 14.2. The van der Waals surface area contributed by atoms with Crippen molar-refractivity contribution < 1.29 is 0 Å². The Balaban J connectivity index is 3.84. The van der Waals surface area contributed by atoms with Crippen molar-refractivity contribution >= 4 is 0 Å². The Kier molecular flexibility index (Phi) is 8.19. The maximum Gasteiger partial charge on any atom is -0.0412 e. The standard InChI is InChI=1S/C15H32/c1-12(2)7-9-15(11-14(5)6)10-8-13(3)4/h12-15H,7-11H2,1-6H3. The first-order valence-corrected chi connectivity index (χ1v) is 6.91. The first kappa shape index (κ1) is 15.0. The molecule has 15 heavy (non-hydrogen) atoms. The molecule has 0 heterocycles. The van der Waals surface area contributed by atoms with Crippen molar-refractivity contribution in [3.8, 4) is 0 Å². The van der Waals surface area contributed by atoms with E-state index in [2.05, 4.69) is 41.5 Å². The Morgan fingerprint density at radius 3 is 1.20 bits per heavy atom. The lowest BCUT2D eigenvalue weighted by Gasteiger charge is -2.20. The van der Waals surface area contributed by atoms with E-state index in [4.69, 9.17) is 0 Å². The summed E-state index contributed by atoms with van der Waals surface area (Å²) >= 11 is 0. The fourth-order valence-corrected chi connectivity index (χ4v) is 2.18. The highest BCUT2D eigenvalue weighted by Gasteiger charge is 2.12. The molecule has 0 fully saturated rings. The van der Waals surface area contributed by atoms with Gasteiger partial charge in [0.1, 0.15) is 0 Å². The van der Waals surface area contributed by atoms with Crippen LogP contribution in [0.5, 0.6) is 0 Å². The summed E-state index contributed by atoms with van der Waals surface area (Å²) in [6.45, 7) is 14.1. The quantitative estimate of drug-likeness (QED) is 0.497. The SMILES string of the molecule is CC(C)CCC(CCC(C)C)CC(C)C. The minimum Gasteiger partial charge on any atom is -0.0628 e. The molecular formula is C15H32. The lowest BCUT2D eigenvalue weighted by Crippen LogP contribution is -2.07. The predicted octanol–water partition coefficient (Wildman–Crippen LogP) is 5.52. The molecule has 92 valence electrons. The van der Waals surface area contributed by atoms with Gasteiger partial charge in [-0.2, -0.15) is 0 Å². The Labute approximate surface area is 97.8 Å².